The van der Waals surface area contributed by atoms with Crippen LogP contribution in [0, 0.1) is 11.6 Å². The largest absolute Gasteiger partial charge is 0.295 e. The number of rotatable bonds is 2. The van der Waals surface area contributed by atoms with Crippen LogP contribution in [0.15, 0.2) is 40.9 Å². The van der Waals surface area contributed by atoms with Crippen LogP contribution < -0.4 is 0 Å². The van der Waals surface area contributed by atoms with Crippen molar-refractivity contribution in [2.24, 2.45) is 0 Å². The fourth-order valence-electron chi connectivity index (χ4n) is 2.27. The summed E-state index contributed by atoms with van der Waals surface area (Å²) < 4.78 is 30.0. The van der Waals surface area contributed by atoms with Crippen LogP contribution in [0.3, 0.4) is 0 Å². The summed E-state index contributed by atoms with van der Waals surface area (Å²) in [7, 11) is 0. The summed E-state index contributed by atoms with van der Waals surface area (Å²) in [6, 6.07) is 9.46. The number of hydrogen-bond acceptors (Lipinski definition) is 1. The van der Waals surface area contributed by atoms with Gasteiger partial charge in [-0.1, -0.05) is 22.0 Å². The molecule has 0 amide bonds. The molecule has 0 radical (unpaired) electrons. The second-order valence-electron chi connectivity index (χ2n) is 4.66. The molecule has 6 heteroatoms. The number of imidazole rings is 1. The molecule has 108 valence electrons. The average Bonchev–Trinajstić information content (AvgIpc) is 2.78. The minimum atomic E-state index is -0.697. The van der Waals surface area contributed by atoms with Crippen molar-refractivity contribution in [2.45, 2.75) is 12.3 Å². The lowest BCUT2D eigenvalue weighted by Gasteiger charge is -2.11. The lowest BCUT2D eigenvalue weighted by Crippen LogP contribution is -2.02. The Morgan fingerprint density at radius 1 is 1.24 bits per heavy atom. The van der Waals surface area contributed by atoms with Gasteiger partial charge in [-0.2, -0.15) is 0 Å². The van der Waals surface area contributed by atoms with Gasteiger partial charge in [0.2, 0.25) is 0 Å². The maximum atomic E-state index is 13.9. The van der Waals surface area contributed by atoms with Gasteiger partial charge in [0.25, 0.3) is 0 Å². The van der Waals surface area contributed by atoms with Gasteiger partial charge in [-0.05, 0) is 25.1 Å². The number of fused-ring (bicyclic) bond motifs is 1. The summed E-state index contributed by atoms with van der Waals surface area (Å²) in [5.74, 6) is -0.878. The van der Waals surface area contributed by atoms with Gasteiger partial charge in [0, 0.05) is 22.3 Å². The molecule has 21 heavy (non-hydrogen) atoms. The first-order valence-corrected chi connectivity index (χ1v) is 7.47. The fraction of sp³-hybridized carbons (Fsp3) is 0.133. The molecule has 0 aliphatic rings. The highest BCUT2D eigenvalue weighted by atomic mass is 79.9. The zero-order valence-corrected chi connectivity index (χ0v) is 13.3. The van der Waals surface area contributed by atoms with E-state index in [1.165, 1.54) is 6.07 Å². The summed E-state index contributed by atoms with van der Waals surface area (Å²) in [5, 5.41) is -0.446. The van der Waals surface area contributed by atoms with E-state index in [0.717, 1.165) is 16.2 Å². The molecule has 0 saturated carbocycles. The minimum absolute atomic E-state index is 0.110. The maximum Gasteiger partial charge on any atom is 0.153 e. The molecule has 0 aliphatic carbocycles. The van der Waals surface area contributed by atoms with Crippen LogP contribution in [0.2, 0.25) is 0 Å². The molecular formula is C15H10BrClF2N2. The number of hydrogen-bond donors (Lipinski definition) is 0. The molecule has 0 fully saturated rings. The van der Waals surface area contributed by atoms with Crippen molar-refractivity contribution < 1.29 is 8.78 Å². The van der Waals surface area contributed by atoms with E-state index < -0.39 is 17.0 Å². The normalized spacial score (nSPS) is 12.8. The molecule has 0 N–H and O–H groups in total. The summed E-state index contributed by atoms with van der Waals surface area (Å²) in [6.45, 7) is 1.74. The summed E-state index contributed by atoms with van der Waals surface area (Å²) in [6.07, 6.45) is 0. The van der Waals surface area contributed by atoms with Crippen molar-refractivity contribution >= 4 is 38.6 Å². The molecule has 1 aromatic heterocycles. The van der Waals surface area contributed by atoms with Crippen LogP contribution >= 0.6 is 27.5 Å². The van der Waals surface area contributed by atoms with Crippen LogP contribution in [0.5, 0.6) is 0 Å². The van der Waals surface area contributed by atoms with Gasteiger partial charge in [-0.25, -0.2) is 13.8 Å². The van der Waals surface area contributed by atoms with Gasteiger partial charge in [0.1, 0.15) is 17.2 Å². The number of benzene rings is 2. The number of aromatic nitrogens is 2. The van der Waals surface area contributed by atoms with Crippen molar-refractivity contribution in [3.05, 3.63) is 58.3 Å². The van der Waals surface area contributed by atoms with Crippen molar-refractivity contribution in [3.63, 3.8) is 0 Å². The Bertz CT molecular complexity index is 830. The van der Waals surface area contributed by atoms with E-state index >= 15 is 0 Å². The van der Waals surface area contributed by atoms with Crippen molar-refractivity contribution in [1.82, 2.24) is 9.55 Å². The van der Waals surface area contributed by atoms with Gasteiger partial charge in [-0.15, -0.1) is 11.6 Å². The van der Waals surface area contributed by atoms with E-state index in [1.807, 2.05) is 24.3 Å². The quantitative estimate of drug-likeness (QED) is 0.554. The lowest BCUT2D eigenvalue weighted by molar-refractivity contribution is 0.590. The van der Waals surface area contributed by atoms with E-state index in [-0.39, 0.29) is 5.52 Å². The molecule has 1 unspecified atom stereocenters. The molecule has 3 aromatic rings. The number of alkyl halides is 1. The summed E-state index contributed by atoms with van der Waals surface area (Å²) in [4.78, 5) is 4.23. The first kappa shape index (κ1) is 14.5. The minimum Gasteiger partial charge on any atom is -0.295 e. The predicted molar refractivity (Wildman–Crippen MR) is 83.0 cm³/mol. The zero-order chi connectivity index (χ0) is 15.1. The van der Waals surface area contributed by atoms with Gasteiger partial charge in [0.15, 0.2) is 5.82 Å². The van der Waals surface area contributed by atoms with Crippen molar-refractivity contribution in [3.8, 4) is 5.69 Å². The monoisotopic (exact) mass is 370 g/mol. The highest BCUT2D eigenvalue weighted by molar-refractivity contribution is 9.10. The summed E-state index contributed by atoms with van der Waals surface area (Å²) >= 11 is 9.54. The van der Waals surface area contributed by atoms with Crippen molar-refractivity contribution in [2.75, 3.05) is 0 Å². The molecule has 0 spiro atoms. The zero-order valence-electron chi connectivity index (χ0n) is 10.9. The van der Waals surface area contributed by atoms with Crippen LogP contribution in [-0.4, -0.2) is 9.55 Å². The van der Waals surface area contributed by atoms with E-state index in [0.29, 0.717) is 11.3 Å². The highest BCUT2D eigenvalue weighted by Gasteiger charge is 2.19. The molecular weight excluding hydrogens is 362 g/mol. The first-order chi connectivity index (χ1) is 9.97. The molecule has 0 saturated heterocycles. The van der Waals surface area contributed by atoms with E-state index in [1.54, 1.807) is 11.5 Å². The van der Waals surface area contributed by atoms with Gasteiger partial charge in [-0.3, -0.25) is 4.57 Å². The maximum absolute atomic E-state index is 13.9. The van der Waals surface area contributed by atoms with E-state index in [2.05, 4.69) is 20.9 Å². The summed E-state index contributed by atoms with van der Waals surface area (Å²) in [5.41, 5.74) is 1.20. The SMILES string of the molecule is CC(Cl)c1nc2c(F)cc(F)cc2n1-c1cccc(Br)c1. The van der Waals surface area contributed by atoms with Crippen LogP contribution in [0.25, 0.3) is 16.7 Å². The standard InChI is InChI=1S/C15H10BrClF2N2/c1-8(17)15-20-14-12(19)6-10(18)7-13(14)21(15)11-4-2-3-9(16)5-11/h2-8H,1H3. The van der Waals surface area contributed by atoms with Crippen LogP contribution in [0.1, 0.15) is 18.1 Å². The number of halogens is 4. The van der Waals surface area contributed by atoms with Crippen LogP contribution in [-0.2, 0) is 0 Å². The molecule has 3 rings (SSSR count). The molecule has 2 aromatic carbocycles. The molecule has 2 nitrogen and oxygen atoms in total. The second kappa shape index (κ2) is 5.39. The lowest BCUT2D eigenvalue weighted by atomic mass is 10.2. The first-order valence-electron chi connectivity index (χ1n) is 6.25. The molecule has 0 aliphatic heterocycles. The van der Waals surface area contributed by atoms with Gasteiger partial charge >= 0.3 is 0 Å². The third-order valence-electron chi connectivity index (χ3n) is 3.13. The fourth-order valence-corrected chi connectivity index (χ4v) is 2.81. The highest BCUT2D eigenvalue weighted by Crippen LogP contribution is 2.30. The Balaban J connectivity index is 2.41. The Kier molecular flexibility index (Phi) is 3.71. The molecule has 1 atom stereocenters. The third-order valence-corrected chi connectivity index (χ3v) is 3.82. The van der Waals surface area contributed by atoms with E-state index in [4.69, 9.17) is 11.6 Å². The second-order valence-corrected chi connectivity index (χ2v) is 6.23. The number of nitrogens with zero attached hydrogens (tertiary/aromatic N) is 2. The average molecular weight is 372 g/mol. The van der Waals surface area contributed by atoms with Gasteiger partial charge in [0.05, 0.1) is 10.9 Å². The smallest absolute Gasteiger partial charge is 0.153 e. The third kappa shape index (κ3) is 2.56. The van der Waals surface area contributed by atoms with E-state index in [9.17, 15) is 8.78 Å². The Labute approximate surface area is 133 Å². The Hall–Kier alpha value is -1.46. The predicted octanol–water partition coefficient (Wildman–Crippen LogP) is 5.37. The van der Waals surface area contributed by atoms with Gasteiger partial charge < -0.3 is 0 Å². The Morgan fingerprint density at radius 3 is 2.67 bits per heavy atom. The Morgan fingerprint density at radius 2 is 2.00 bits per heavy atom. The van der Waals surface area contributed by atoms with Crippen molar-refractivity contribution in [1.29, 1.82) is 0 Å². The van der Waals surface area contributed by atoms with Crippen LogP contribution in [0.4, 0.5) is 8.78 Å². The topological polar surface area (TPSA) is 17.8 Å². The molecule has 0 bridgehead atoms. The molecule has 1 heterocycles.